The average molecular weight is 265 g/mol. The molecule has 4 heteroatoms. The van der Waals surface area contributed by atoms with Crippen molar-refractivity contribution in [1.29, 1.82) is 0 Å². The van der Waals surface area contributed by atoms with Gasteiger partial charge in [0.05, 0.1) is 13.7 Å². The first kappa shape index (κ1) is 15.5. The molecule has 0 spiro atoms. The molecule has 1 N–H and O–H groups in total. The number of benzene rings is 1. The van der Waals surface area contributed by atoms with Crippen LogP contribution >= 0.6 is 0 Å². The fourth-order valence-corrected chi connectivity index (χ4v) is 2.28. The maximum absolute atomic E-state index is 11.1. The zero-order valence-corrected chi connectivity index (χ0v) is 12.3. The van der Waals surface area contributed by atoms with Gasteiger partial charge in [0, 0.05) is 17.1 Å². The lowest BCUT2D eigenvalue weighted by molar-refractivity contribution is -0.140. The number of rotatable bonds is 5. The molecule has 1 atom stereocenters. The fraction of sp³-hybridized carbons (Fsp3) is 0.533. The van der Waals surface area contributed by atoms with E-state index < -0.39 is 5.97 Å². The molecule has 1 aromatic rings. The summed E-state index contributed by atoms with van der Waals surface area (Å²) in [4.78, 5) is 13.0. The minimum Gasteiger partial charge on any atom is -0.496 e. The van der Waals surface area contributed by atoms with Crippen molar-refractivity contribution < 1.29 is 14.6 Å². The number of hydrogen-bond acceptors (Lipinski definition) is 3. The van der Waals surface area contributed by atoms with Crippen molar-refractivity contribution in [2.75, 3.05) is 13.7 Å². The molecule has 0 fully saturated rings. The van der Waals surface area contributed by atoms with E-state index in [-0.39, 0.29) is 18.1 Å². The van der Waals surface area contributed by atoms with Crippen molar-refractivity contribution in [3.8, 4) is 5.75 Å². The maximum atomic E-state index is 11.1. The van der Waals surface area contributed by atoms with Gasteiger partial charge in [-0.25, -0.2) is 0 Å². The molecule has 1 unspecified atom stereocenters. The van der Waals surface area contributed by atoms with Gasteiger partial charge in [-0.05, 0) is 33.8 Å². The Kier molecular flexibility index (Phi) is 4.95. The van der Waals surface area contributed by atoms with E-state index in [0.717, 1.165) is 11.3 Å². The Balaban J connectivity index is 3.11. The number of nitrogens with zero attached hydrogens (tertiary/aromatic N) is 1. The average Bonchev–Trinajstić information content (AvgIpc) is 2.33. The largest absolute Gasteiger partial charge is 0.496 e. The van der Waals surface area contributed by atoms with Gasteiger partial charge in [0.1, 0.15) is 5.75 Å². The minimum absolute atomic E-state index is 0.00269. The van der Waals surface area contributed by atoms with Gasteiger partial charge >= 0.3 is 5.97 Å². The van der Waals surface area contributed by atoms with Crippen molar-refractivity contribution in [1.82, 2.24) is 4.90 Å². The van der Waals surface area contributed by atoms with E-state index in [2.05, 4.69) is 0 Å². The highest BCUT2D eigenvalue weighted by Gasteiger charge is 2.30. The van der Waals surface area contributed by atoms with Crippen LogP contribution in [0.2, 0.25) is 0 Å². The van der Waals surface area contributed by atoms with Crippen LogP contribution in [-0.4, -0.2) is 35.2 Å². The number of carbonyl (C=O) groups is 1. The molecule has 0 aliphatic carbocycles. The first-order chi connectivity index (χ1) is 8.77. The van der Waals surface area contributed by atoms with Gasteiger partial charge in [-0.2, -0.15) is 0 Å². The third-order valence-corrected chi connectivity index (χ3v) is 3.22. The second kappa shape index (κ2) is 6.06. The summed E-state index contributed by atoms with van der Waals surface area (Å²) in [5.41, 5.74) is 0.764. The van der Waals surface area contributed by atoms with Gasteiger partial charge in [0.2, 0.25) is 0 Å². The SMILES string of the molecule is COc1ccccc1C(C)N(CC(=O)O)C(C)(C)C. The first-order valence-electron chi connectivity index (χ1n) is 6.39. The molecule has 1 aromatic carbocycles. The number of hydrogen-bond donors (Lipinski definition) is 1. The predicted octanol–water partition coefficient (Wildman–Crippen LogP) is 2.94. The quantitative estimate of drug-likeness (QED) is 0.889. The molecular weight excluding hydrogens is 242 g/mol. The van der Waals surface area contributed by atoms with Crippen LogP contribution in [0.15, 0.2) is 24.3 Å². The lowest BCUT2D eigenvalue weighted by atomic mass is 9.98. The molecule has 0 amide bonds. The van der Waals surface area contributed by atoms with Gasteiger partial charge in [0.15, 0.2) is 0 Å². The van der Waals surface area contributed by atoms with Gasteiger partial charge in [-0.3, -0.25) is 9.69 Å². The van der Waals surface area contributed by atoms with E-state index in [1.807, 2.05) is 56.9 Å². The van der Waals surface area contributed by atoms with Crippen LogP contribution in [0.5, 0.6) is 5.75 Å². The van der Waals surface area contributed by atoms with E-state index in [4.69, 9.17) is 9.84 Å². The molecule has 106 valence electrons. The number of methoxy groups -OCH3 is 1. The molecular formula is C15H23NO3. The highest BCUT2D eigenvalue weighted by Crippen LogP contribution is 2.32. The van der Waals surface area contributed by atoms with Crippen molar-refractivity contribution >= 4 is 5.97 Å². The Morgan fingerprint density at radius 2 is 1.95 bits per heavy atom. The highest BCUT2D eigenvalue weighted by molar-refractivity contribution is 5.69. The maximum Gasteiger partial charge on any atom is 0.317 e. The molecule has 4 nitrogen and oxygen atoms in total. The molecule has 1 rings (SSSR count). The highest BCUT2D eigenvalue weighted by atomic mass is 16.5. The summed E-state index contributed by atoms with van der Waals surface area (Å²) < 4.78 is 5.36. The van der Waals surface area contributed by atoms with Crippen LogP contribution in [0.25, 0.3) is 0 Å². The number of ether oxygens (including phenoxy) is 1. The summed E-state index contributed by atoms with van der Waals surface area (Å²) in [6.07, 6.45) is 0. The molecule has 0 bridgehead atoms. The second-order valence-corrected chi connectivity index (χ2v) is 5.61. The number of aliphatic carboxylic acids is 1. The van der Waals surface area contributed by atoms with E-state index in [1.165, 1.54) is 0 Å². The number of carboxylic acid groups (broad SMARTS) is 1. The van der Waals surface area contributed by atoms with E-state index >= 15 is 0 Å². The van der Waals surface area contributed by atoms with Gasteiger partial charge in [-0.15, -0.1) is 0 Å². The van der Waals surface area contributed by atoms with Crippen molar-refractivity contribution in [2.45, 2.75) is 39.3 Å². The Morgan fingerprint density at radius 1 is 1.37 bits per heavy atom. The Hall–Kier alpha value is -1.55. The lowest BCUT2D eigenvalue weighted by Crippen LogP contribution is -2.45. The Labute approximate surface area is 115 Å². The third kappa shape index (κ3) is 3.96. The van der Waals surface area contributed by atoms with Crippen LogP contribution in [0, 0.1) is 0 Å². The van der Waals surface area contributed by atoms with Crippen LogP contribution in [0.1, 0.15) is 39.3 Å². The Bertz CT molecular complexity index is 437. The van der Waals surface area contributed by atoms with Crippen LogP contribution in [-0.2, 0) is 4.79 Å². The third-order valence-electron chi connectivity index (χ3n) is 3.22. The summed E-state index contributed by atoms with van der Waals surface area (Å²) in [6, 6.07) is 7.69. The molecule has 0 aliphatic heterocycles. The molecule has 0 aliphatic rings. The summed E-state index contributed by atoms with van der Waals surface area (Å²) in [5.74, 6) is -0.0358. The van der Waals surface area contributed by atoms with Crippen LogP contribution in [0.4, 0.5) is 0 Å². The molecule has 0 saturated heterocycles. The summed E-state index contributed by atoms with van der Waals surface area (Å²) in [6.45, 7) is 8.06. The zero-order valence-electron chi connectivity index (χ0n) is 12.3. The molecule has 0 heterocycles. The smallest absolute Gasteiger partial charge is 0.317 e. The second-order valence-electron chi connectivity index (χ2n) is 5.61. The molecule has 19 heavy (non-hydrogen) atoms. The van der Waals surface area contributed by atoms with E-state index in [9.17, 15) is 4.79 Å². The zero-order chi connectivity index (χ0) is 14.6. The van der Waals surface area contributed by atoms with Crippen molar-refractivity contribution in [3.63, 3.8) is 0 Å². The molecule has 0 saturated carbocycles. The Morgan fingerprint density at radius 3 is 2.42 bits per heavy atom. The van der Waals surface area contributed by atoms with Crippen LogP contribution in [0.3, 0.4) is 0 Å². The van der Waals surface area contributed by atoms with Gasteiger partial charge < -0.3 is 9.84 Å². The van der Waals surface area contributed by atoms with Gasteiger partial charge in [-0.1, -0.05) is 18.2 Å². The van der Waals surface area contributed by atoms with Crippen molar-refractivity contribution in [2.24, 2.45) is 0 Å². The fourth-order valence-electron chi connectivity index (χ4n) is 2.28. The summed E-state index contributed by atoms with van der Waals surface area (Å²) in [7, 11) is 1.63. The molecule has 0 aromatic heterocycles. The summed E-state index contributed by atoms with van der Waals surface area (Å²) >= 11 is 0. The number of carboxylic acids is 1. The van der Waals surface area contributed by atoms with Gasteiger partial charge in [0.25, 0.3) is 0 Å². The van der Waals surface area contributed by atoms with E-state index in [1.54, 1.807) is 7.11 Å². The topological polar surface area (TPSA) is 49.8 Å². The minimum atomic E-state index is -0.823. The normalized spacial score (nSPS) is 13.4. The van der Waals surface area contributed by atoms with Crippen LogP contribution < -0.4 is 4.74 Å². The standard InChI is InChI=1S/C15H23NO3/c1-11(12-8-6-7-9-13(12)19-5)16(10-14(17)18)15(2,3)4/h6-9,11H,10H2,1-5H3,(H,17,18). The summed E-state index contributed by atoms with van der Waals surface area (Å²) in [5, 5.41) is 9.10. The predicted molar refractivity (Wildman–Crippen MR) is 75.5 cm³/mol. The monoisotopic (exact) mass is 265 g/mol. The first-order valence-corrected chi connectivity index (χ1v) is 6.39. The lowest BCUT2D eigenvalue weighted by Gasteiger charge is -2.39. The van der Waals surface area contributed by atoms with Crippen molar-refractivity contribution in [3.05, 3.63) is 29.8 Å². The molecule has 0 radical (unpaired) electrons. The van der Waals surface area contributed by atoms with E-state index in [0.29, 0.717) is 0 Å². The number of para-hydroxylation sites is 1.